The molecule has 0 unspecified atom stereocenters. The van der Waals surface area contributed by atoms with Crippen molar-refractivity contribution >= 4 is 38.9 Å². The number of nitrogens with two attached hydrogens (primary N) is 1. The van der Waals surface area contributed by atoms with E-state index in [0.29, 0.717) is 5.96 Å². The zero-order valence-corrected chi connectivity index (χ0v) is 15.7. The number of guanidine groups is 1. The number of anilines is 1. The SMILES string of the molecule is COc1cc(NC(N)=Nc2ccc3cccc4c3c2CC4)cc2ccccc12. The van der Waals surface area contributed by atoms with Crippen LogP contribution in [0.25, 0.3) is 21.5 Å². The third kappa shape index (κ3) is 2.74. The molecule has 0 fully saturated rings. The zero-order valence-electron chi connectivity index (χ0n) is 15.7. The van der Waals surface area contributed by atoms with Gasteiger partial charge in [-0.1, -0.05) is 48.5 Å². The van der Waals surface area contributed by atoms with Gasteiger partial charge in [-0.3, -0.25) is 0 Å². The molecule has 0 saturated heterocycles. The highest BCUT2D eigenvalue weighted by molar-refractivity contribution is 6.00. The lowest BCUT2D eigenvalue weighted by Crippen LogP contribution is -2.22. The van der Waals surface area contributed by atoms with Gasteiger partial charge in [-0.25, -0.2) is 4.99 Å². The molecule has 0 amide bonds. The van der Waals surface area contributed by atoms with E-state index in [1.54, 1.807) is 7.11 Å². The smallest absolute Gasteiger partial charge is 0.198 e. The number of benzene rings is 4. The average Bonchev–Trinajstić information content (AvgIpc) is 3.15. The van der Waals surface area contributed by atoms with Crippen molar-refractivity contribution in [2.75, 3.05) is 12.4 Å². The molecule has 4 aromatic carbocycles. The first-order valence-corrected chi connectivity index (χ1v) is 9.44. The van der Waals surface area contributed by atoms with Crippen molar-refractivity contribution in [1.82, 2.24) is 0 Å². The first-order chi connectivity index (χ1) is 13.7. The Balaban J connectivity index is 1.52. The Bertz CT molecular complexity index is 1240. The minimum atomic E-state index is 0.373. The second-order valence-corrected chi connectivity index (χ2v) is 7.10. The summed E-state index contributed by atoms with van der Waals surface area (Å²) in [5.41, 5.74) is 10.7. The number of fused-ring (bicyclic) bond motifs is 1. The van der Waals surface area contributed by atoms with Crippen molar-refractivity contribution in [1.29, 1.82) is 0 Å². The molecule has 4 aromatic rings. The molecule has 4 nitrogen and oxygen atoms in total. The summed E-state index contributed by atoms with van der Waals surface area (Å²) in [6, 6.07) is 22.8. The van der Waals surface area contributed by atoms with E-state index in [1.165, 1.54) is 21.9 Å². The van der Waals surface area contributed by atoms with Crippen molar-refractivity contribution in [2.24, 2.45) is 10.7 Å². The number of nitrogens with zero attached hydrogens (tertiary/aromatic N) is 1. The molecule has 4 heteroatoms. The van der Waals surface area contributed by atoms with E-state index in [1.807, 2.05) is 24.3 Å². The van der Waals surface area contributed by atoms with Crippen LogP contribution in [0.3, 0.4) is 0 Å². The summed E-state index contributed by atoms with van der Waals surface area (Å²) in [6.45, 7) is 0. The van der Waals surface area contributed by atoms with Crippen molar-refractivity contribution in [3.63, 3.8) is 0 Å². The summed E-state index contributed by atoms with van der Waals surface area (Å²) in [7, 11) is 1.68. The second-order valence-electron chi connectivity index (χ2n) is 7.10. The molecule has 0 spiro atoms. The summed E-state index contributed by atoms with van der Waals surface area (Å²) in [5.74, 6) is 1.18. The maximum absolute atomic E-state index is 6.26. The molecule has 0 bridgehead atoms. The molecule has 5 rings (SSSR count). The fourth-order valence-corrected chi connectivity index (χ4v) is 4.17. The molecule has 1 aliphatic carbocycles. The highest BCUT2D eigenvalue weighted by Crippen LogP contribution is 2.37. The molecule has 3 N–H and O–H groups in total. The van der Waals surface area contributed by atoms with Crippen LogP contribution in [0.15, 0.2) is 71.7 Å². The van der Waals surface area contributed by atoms with Crippen LogP contribution in [0, 0.1) is 0 Å². The van der Waals surface area contributed by atoms with E-state index in [9.17, 15) is 0 Å². The molecule has 28 heavy (non-hydrogen) atoms. The minimum absolute atomic E-state index is 0.373. The van der Waals surface area contributed by atoms with E-state index < -0.39 is 0 Å². The van der Waals surface area contributed by atoms with Crippen LogP contribution in [0.4, 0.5) is 11.4 Å². The quantitative estimate of drug-likeness (QED) is 0.388. The van der Waals surface area contributed by atoms with Gasteiger partial charge >= 0.3 is 0 Å². The van der Waals surface area contributed by atoms with Gasteiger partial charge in [0.25, 0.3) is 0 Å². The standard InChI is InChI=1S/C24H21N3O/c1-28-22-14-18(13-17-5-2-3-8-19(17)22)26-24(25)27-21-12-10-16-7-4-6-15-9-11-20(21)23(15)16/h2-8,10,12-14H,9,11H2,1H3,(H3,25,26,27). The van der Waals surface area contributed by atoms with E-state index in [2.05, 4.69) is 52.8 Å². The third-order valence-electron chi connectivity index (χ3n) is 5.42. The van der Waals surface area contributed by atoms with Gasteiger partial charge in [0.2, 0.25) is 0 Å². The molecule has 0 saturated carbocycles. The van der Waals surface area contributed by atoms with Crippen molar-refractivity contribution in [3.8, 4) is 5.75 Å². The summed E-state index contributed by atoms with van der Waals surface area (Å²) in [4.78, 5) is 4.69. The minimum Gasteiger partial charge on any atom is -0.496 e. The van der Waals surface area contributed by atoms with E-state index >= 15 is 0 Å². The van der Waals surface area contributed by atoms with Crippen LogP contribution in [-0.4, -0.2) is 13.1 Å². The van der Waals surface area contributed by atoms with Crippen molar-refractivity contribution in [3.05, 3.63) is 77.9 Å². The molecule has 138 valence electrons. The Labute approximate surface area is 163 Å². The highest BCUT2D eigenvalue weighted by atomic mass is 16.5. The van der Waals surface area contributed by atoms with E-state index in [-0.39, 0.29) is 0 Å². The van der Waals surface area contributed by atoms with E-state index in [4.69, 9.17) is 10.5 Å². The number of rotatable bonds is 3. The molecule has 0 heterocycles. The van der Waals surface area contributed by atoms with Gasteiger partial charge in [-0.2, -0.15) is 0 Å². The first kappa shape index (κ1) is 16.6. The van der Waals surface area contributed by atoms with Gasteiger partial charge in [0.1, 0.15) is 5.75 Å². The van der Waals surface area contributed by atoms with Gasteiger partial charge in [-0.05, 0) is 52.3 Å². The Hall–Kier alpha value is -3.53. The summed E-state index contributed by atoms with van der Waals surface area (Å²) < 4.78 is 5.54. The van der Waals surface area contributed by atoms with Gasteiger partial charge in [0, 0.05) is 17.1 Å². The highest BCUT2D eigenvalue weighted by Gasteiger charge is 2.17. The normalized spacial score (nSPS) is 13.2. The predicted octanol–water partition coefficient (Wildman–Crippen LogP) is 5.16. The lowest BCUT2D eigenvalue weighted by atomic mass is 10.0. The molecule has 1 aliphatic rings. The predicted molar refractivity (Wildman–Crippen MR) is 117 cm³/mol. The number of aliphatic imine (C=N–C) groups is 1. The topological polar surface area (TPSA) is 59.6 Å². The fourth-order valence-electron chi connectivity index (χ4n) is 4.17. The maximum Gasteiger partial charge on any atom is 0.198 e. The average molecular weight is 367 g/mol. The van der Waals surface area contributed by atoms with Crippen LogP contribution in [0.2, 0.25) is 0 Å². The van der Waals surface area contributed by atoms with Crippen molar-refractivity contribution < 1.29 is 4.74 Å². The summed E-state index contributed by atoms with van der Waals surface area (Å²) >= 11 is 0. The number of hydrogen-bond acceptors (Lipinski definition) is 2. The number of aryl methyl sites for hydroxylation is 2. The van der Waals surface area contributed by atoms with Gasteiger partial charge < -0.3 is 15.8 Å². The van der Waals surface area contributed by atoms with Crippen LogP contribution in [-0.2, 0) is 12.8 Å². The Morgan fingerprint density at radius 2 is 1.82 bits per heavy atom. The molecule has 0 radical (unpaired) electrons. The molecular formula is C24H21N3O. The monoisotopic (exact) mass is 367 g/mol. The van der Waals surface area contributed by atoms with E-state index in [0.717, 1.165) is 40.7 Å². The Morgan fingerprint density at radius 3 is 2.71 bits per heavy atom. The number of methoxy groups -OCH3 is 1. The van der Waals surface area contributed by atoms with Crippen molar-refractivity contribution in [2.45, 2.75) is 12.8 Å². The lowest BCUT2D eigenvalue weighted by Gasteiger charge is -2.12. The molecular weight excluding hydrogens is 346 g/mol. The number of hydrogen-bond donors (Lipinski definition) is 2. The summed E-state index contributed by atoms with van der Waals surface area (Å²) in [6.07, 6.45) is 2.07. The second kappa shape index (κ2) is 6.57. The van der Waals surface area contributed by atoms with Crippen LogP contribution >= 0.6 is 0 Å². The largest absolute Gasteiger partial charge is 0.496 e. The Kier molecular flexibility index (Phi) is 3.90. The summed E-state index contributed by atoms with van der Waals surface area (Å²) in [5, 5.41) is 7.99. The molecule has 0 aromatic heterocycles. The fraction of sp³-hybridized carbons (Fsp3) is 0.125. The first-order valence-electron chi connectivity index (χ1n) is 9.44. The van der Waals surface area contributed by atoms with Gasteiger partial charge in [0.05, 0.1) is 12.8 Å². The van der Waals surface area contributed by atoms with Gasteiger partial charge in [-0.15, -0.1) is 0 Å². The Morgan fingerprint density at radius 1 is 0.964 bits per heavy atom. The molecule has 0 aliphatic heterocycles. The lowest BCUT2D eigenvalue weighted by molar-refractivity contribution is 0.420. The zero-order chi connectivity index (χ0) is 19.1. The molecule has 0 atom stereocenters. The third-order valence-corrected chi connectivity index (χ3v) is 5.42. The van der Waals surface area contributed by atoms with Crippen LogP contribution in [0.1, 0.15) is 11.1 Å². The maximum atomic E-state index is 6.26. The van der Waals surface area contributed by atoms with Crippen LogP contribution < -0.4 is 15.8 Å². The number of ether oxygens (including phenoxy) is 1. The number of nitrogens with one attached hydrogen (secondary N) is 1. The van der Waals surface area contributed by atoms with Crippen LogP contribution in [0.5, 0.6) is 5.75 Å². The van der Waals surface area contributed by atoms with Gasteiger partial charge in [0.15, 0.2) is 5.96 Å².